The molecule has 1 atom stereocenters. The zero-order valence-corrected chi connectivity index (χ0v) is 10.6. The normalized spacial score (nSPS) is 13.8. The summed E-state index contributed by atoms with van der Waals surface area (Å²) in [5.74, 6) is -1.59. The third kappa shape index (κ3) is 2.32. The Hall–Kier alpha value is -1.91. The van der Waals surface area contributed by atoms with Gasteiger partial charge >= 0.3 is 0 Å². The second-order valence-corrected chi connectivity index (χ2v) is 4.48. The van der Waals surface area contributed by atoms with Crippen LogP contribution in [0.5, 0.6) is 0 Å². The molecular formula is C14H11ClFNO2. The van der Waals surface area contributed by atoms with E-state index in [4.69, 9.17) is 17.3 Å². The van der Waals surface area contributed by atoms with Crippen molar-refractivity contribution in [2.45, 2.75) is 5.60 Å². The molecule has 2 aromatic carbocycles. The fourth-order valence-corrected chi connectivity index (χ4v) is 2.03. The van der Waals surface area contributed by atoms with Gasteiger partial charge in [-0.25, -0.2) is 4.39 Å². The lowest BCUT2D eigenvalue weighted by Gasteiger charge is -2.25. The van der Waals surface area contributed by atoms with Gasteiger partial charge < -0.3 is 10.8 Å². The SMILES string of the molecule is NC(=O)C(O)(c1ccccc1)c1ccc(F)c(Cl)c1. The molecule has 0 aliphatic rings. The van der Waals surface area contributed by atoms with Crippen LogP contribution < -0.4 is 5.73 Å². The summed E-state index contributed by atoms with van der Waals surface area (Å²) in [5, 5.41) is 10.4. The highest BCUT2D eigenvalue weighted by atomic mass is 35.5. The molecule has 3 nitrogen and oxygen atoms in total. The molecule has 0 bridgehead atoms. The fraction of sp³-hybridized carbons (Fsp3) is 0.0714. The van der Waals surface area contributed by atoms with Gasteiger partial charge in [-0.3, -0.25) is 4.79 Å². The number of halogens is 2. The zero-order valence-electron chi connectivity index (χ0n) is 9.81. The molecule has 0 aliphatic heterocycles. The molecule has 98 valence electrons. The second kappa shape index (κ2) is 4.99. The summed E-state index contributed by atoms with van der Waals surface area (Å²) in [7, 11) is 0. The third-order valence-corrected chi connectivity index (χ3v) is 3.18. The molecule has 19 heavy (non-hydrogen) atoms. The number of amides is 1. The number of carbonyl (C=O) groups is 1. The monoisotopic (exact) mass is 279 g/mol. The summed E-state index contributed by atoms with van der Waals surface area (Å²) in [4.78, 5) is 11.7. The Morgan fingerprint density at radius 2 is 1.79 bits per heavy atom. The predicted octanol–water partition coefficient (Wildman–Crippen LogP) is 2.20. The summed E-state index contributed by atoms with van der Waals surface area (Å²) in [6.07, 6.45) is 0. The maximum Gasteiger partial charge on any atom is 0.258 e. The largest absolute Gasteiger partial charge is 0.372 e. The topological polar surface area (TPSA) is 63.3 Å². The molecule has 5 heteroatoms. The Morgan fingerprint density at radius 3 is 2.32 bits per heavy atom. The molecule has 0 radical (unpaired) electrons. The van der Waals surface area contributed by atoms with E-state index in [0.29, 0.717) is 5.56 Å². The van der Waals surface area contributed by atoms with Gasteiger partial charge in [-0.05, 0) is 23.3 Å². The van der Waals surface area contributed by atoms with Gasteiger partial charge in [-0.15, -0.1) is 0 Å². The molecule has 0 fully saturated rings. The molecule has 0 spiro atoms. The zero-order chi connectivity index (χ0) is 14.0. The molecule has 2 aromatic rings. The average molecular weight is 280 g/mol. The summed E-state index contributed by atoms with van der Waals surface area (Å²) >= 11 is 5.67. The van der Waals surface area contributed by atoms with Crippen LogP contribution >= 0.6 is 11.6 Å². The minimum absolute atomic E-state index is 0.123. The van der Waals surface area contributed by atoms with Gasteiger partial charge in [0.05, 0.1) is 5.02 Å². The number of hydrogen-bond acceptors (Lipinski definition) is 2. The van der Waals surface area contributed by atoms with Crippen LogP contribution in [0.1, 0.15) is 11.1 Å². The molecule has 3 N–H and O–H groups in total. The van der Waals surface area contributed by atoms with Crippen LogP contribution in [0.15, 0.2) is 48.5 Å². The van der Waals surface area contributed by atoms with Crippen LogP contribution in [-0.4, -0.2) is 11.0 Å². The summed E-state index contributed by atoms with van der Waals surface area (Å²) < 4.78 is 13.2. The van der Waals surface area contributed by atoms with Gasteiger partial charge in [0.15, 0.2) is 5.60 Å². The molecule has 0 aromatic heterocycles. The Labute approximate surface area is 114 Å². The number of aliphatic hydroxyl groups is 1. The molecular weight excluding hydrogens is 269 g/mol. The van der Waals surface area contributed by atoms with Crippen molar-refractivity contribution in [1.82, 2.24) is 0 Å². The van der Waals surface area contributed by atoms with E-state index in [1.165, 1.54) is 12.1 Å². The van der Waals surface area contributed by atoms with E-state index in [0.717, 1.165) is 6.07 Å². The van der Waals surface area contributed by atoms with Crippen LogP contribution in [-0.2, 0) is 10.4 Å². The van der Waals surface area contributed by atoms with Crippen molar-refractivity contribution in [2.75, 3.05) is 0 Å². The van der Waals surface area contributed by atoms with E-state index >= 15 is 0 Å². The second-order valence-electron chi connectivity index (χ2n) is 4.07. The summed E-state index contributed by atoms with van der Waals surface area (Å²) in [6.45, 7) is 0. The lowest BCUT2D eigenvalue weighted by Crippen LogP contribution is -2.42. The maximum absolute atomic E-state index is 13.2. The smallest absolute Gasteiger partial charge is 0.258 e. The number of carbonyl (C=O) groups excluding carboxylic acids is 1. The number of benzene rings is 2. The lowest BCUT2D eigenvalue weighted by atomic mass is 9.86. The number of primary amides is 1. The Morgan fingerprint density at radius 1 is 1.16 bits per heavy atom. The Kier molecular flexibility index (Phi) is 3.55. The van der Waals surface area contributed by atoms with Crippen LogP contribution in [0.25, 0.3) is 0 Å². The predicted molar refractivity (Wildman–Crippen MR) is 70.0 cm³/mol. The van der Waals surface area contributed by atoms with Gasteiger partial charge in [0, 0.05) is 0 Å². The van der Waals surface area contributed by atoms with Gasteiger partial charge in [0.25, 0.3) is 5.91 Å². The number of hydrogen-bond donors (Lipinski definition) is 2. The first-order valence-corrected chi connectivity index (χ1v) is 5.87. The number of rotatable bonds is 3. The van der Waals surface area contributed by atoms with Crippen molar-refractivity contribution in [3.8, 4) is 0 Å². The highest BCUT2D eigenvalue weighted by Crippen LogP contribution is 2.31. The highest BCUT2D eigenvalue weighted by Gasteiger charge is 2.38. The van der Waals surface area contributed by atoms with E-state index in [9.17, 15) is 14.3 Å². The quantitative estimate of drug-likeness (QED) is 0.905. The van der Waals surface area contributed by atoms with Gasteiger partial charge in [0.1, 0.15) is 5.82 Å². The van der Waals surface area contributed by atoms with E-state index in [1.807, 2.05) is 0 Å². The molecule has 1 amide bonds. The standard InChI is InChI=1S/C14H11ClFNO2/c15-11-8-10(6-7-12(11)16)14(19,13(17)18)9-4-2-1-3-5-9/h1-8,19H,(H2,17,18). The average Bonchev–Trinajstić information content (AvgIpc) is 2.41. The molecule has 0 saturated heterocycles. The van der Waals surface area contributed by atoms with Crippen LogP contribution in [0.3, 0.4) is 0 Å². The van der Waals surface area contributed by atoms with E-state index in [2.05, 4.69) is 0 Å². The Bertz CT molecular complexity index is 618. The lowest BCUT2D eigenvalue weighted by molar-refractivity contribution is -0.133. The van der Waals surface area contributed by atoms with E-state index in [1.54, 1.807) is 30.3 Å². The highest BCUT2D eigenvalue weighted by molar-refractivity contribution is 6.30. The summed E-state index contributed by atoms with van der Waals surface area (Å²) in [6, 6.07) is 11.7. The number of nitrogens with two attached hydrogens (primary N) is 1. The molecule has 2 rings (SSSR count). The van der Waals surface area contributed by atoms with Crippen LogP contribution in [0.4, 0.5) is 4.39 Å². The Balaban J connectivity index is 2.63. The van der Waals surface area contributed by atoms with E-state index < -0.39 is 17.3 Å². The van der Waals surface area contributed by atoms with Crippen molar-refractivity contribution >= 4 is 17.5 Å². The van der Waals surface area contributed by atoms with Crippen LogP contribution in [0.2, 0.25) is 5.02 Å². The van der Waals surface area contributed by atoms with Crippen molar-refractivity contribution in [3.63, 3.8) is 0 Å². The molecule has 0 aliphatic carbocycles. The minimum atomic E-state index is -2.04. The first-order valence-electron chi connectivity index (χ1n) is 5.49. The fourth-order valence-electron chi connectivity index (χ4n) is 1.85. The van der Waals surface area contributed by atoms with Crippen molar-refractivity contribution in [2.24, 2.45) is 5.73 Å². The van der Waals surface area contributed by atoms with Crippen molar-refractivity contribution in [3.05, 3.63) is 70.5 Å². The van der Waals surface area contributed by atoms with Crippen molar-refractivity contribution in [1.29, 1.82) is 0 Å². The van der Waals surface area contributed by atoms with Gasteiger partial charge in [-0.1, -0.05) is 48.0 Å². The molecule has 0 heterocycles. The first-order chi connectivity index (χ1) is 8.96. The van der Waals surface area contributed by atoms with Gasteiger partial charge in [0.2, 0.25) is 0 Å². The minimum Gasteiger partial charge on any atom is -0.372 e. The molecule has 1 unspecified atom stereocenters. The summed E-state index contributed by atoms with van der Waals surface area (Å²) in [5.41, 5.74) is 3.67. The van der Waals surface area contributed by atoms with Crippen molar-refractivity contribution < 1.29 is 14.3 Å². The first kappa shape index (κ1) is 13.5. The van der Waals surface area contributed by atoms with E-state index in [-0.39, 0.29) is 10.6 Å². The maximum atomic E-state index is 13.2. The van der Waals surface area contributed by atoms with Gasteiger partial charge in [-0.2, -0.15) is 0 Å². The molecule has 0 saturated carbocycles. The third-order valence-electron chi connectivity index (χ3n) is 2.89. The van der Waals surface area contributed by atoms with Crippen LogP contribution in [0, 0.1) is 5.82 Å².